The molecule has 0 amide bonds. The predicted octanol–water partition coefficient (Wildman–Crippen LogP) is 13.5. The van der Waals surface area contributed by atoms with Gasteiger partial charge in [0, 0.05) is 0 Å². The Labute approximate surface area is 281 Å². The Bertz CT molecular complexity index is 2580. The fraction of sp³-hybridized carbons (Fsp3) is 0. The summed E-state index contributed by atoms with van der Waals surface area (Å²) in [5.74, 6) is 0. The maximum Gasteiger partial charge on any atom is -0.00992 e. The molecule has 48 heavy (non-hydrogen) atoms. The van der Waals surface area contributed by atoms with E-state index in [1.165, 1.54) is 88.0 Å². The highest BCUT2D eigenvalue weighted by atomic mass is 14.1. The summed E-state index contributed by atoms with van der Waals surface area (Å²) in [6, 6.07) is 70.7. The van der Waals surface area contributed by atoms with E-state index in [9.17, 15) is 0 Å². The van der Waals surface area contributed by atoms with Crippen molar-refractivity contribution in [2.75, 3.05) is 0 Å². The minimum atomic E-state index is 1.22. The number of benzene rings is 9. The van der Waals surface area contributed by atoms with E-state index >= 15 is 0 Å². The van der Waals surface area contributed by atoms with Crippen molar-refractivity contribution in [1.29, 1.82) is 0 Å². The van der Waals surface area contributed by atoms with Crippen LogP contribution in [0.25, 0.3) is 88.0 Å². The van der Waals surface area contributed by atoms with E-state index in [0.29, 0.717) is 0 Å². The molecule has 9 aromatic rings. The Hall–Kier alpha value is -6.24. The van der Waals surface area contributed by atoms with Gasteiger partial charge >= 0.3 is 0 Å². The Morgan fingerprint density at radius 1 is 0.188 bits per heavy atom. The quantitative estimate of drug-likeness (QED) is 0.182. The van der Waals surface area contributed by atoms with Gasteiger partial charge in [0.05, 0.1) is 0 Å². The molecule has 0 heteroatoms. The van der Waals surface area contributed by atoms with Crippen LogP contribution in [0.1, 0.15) is 0 Å². The van der Waals surface area contributed by atoms with E-state index in [1.807, 2.05) is 0 Å². The Kier molecular flexibility index (Phi) is 6.91. The fourth-order valence-electron chi connectivity index (χ4n) is 7.10. The molecule has 0 atom stereocenters. The average Bonchev–Trinajstić information content (AvgIpc) is 3.17. The lowest BCUT2D eigenvalue weighted by Gasteiger charge is -2.13. The Balaban J connectivity index is 0.995. The van der Waals surface area contributed by atoms with Gasteiger partial charge in [0.15, 0.2) is 0 Å². The highest BCUT2D eigenvalue weighted by Crippen LogP contribution is 2.37. The molecule has 0 heterocycles. The van der Waals surface area contributed by atoms with Crippen molar-refractivity contribution in [2.24, 2.45) is 0 Å². The lowest BCUT2D eigenvalue weighted by molar-refractivity contribution is 1.61. The van der Waals surface area contributed by atoms with Crippen LogP contribution in [0.2, 0.25) is 0 Å². The van der Waals surface area contributed by atoms with Crippen molar-refractivity contribution in [1.82, 2.24) is 0 Å². The summed E-state index contributed by atoms with van der Waals surface area (Å²) < 4.78 is 0. The van der Waals surface area contributed by atoms with Gasteiger partial charge in [-0.1, -0.05) is 170 Å². The number of hydrogen-bond donors (Lipinski definition) is 0. The van der Waals surface area contributed by atoms with Crippen molar-refractivity contribution in [3.05, 3.63) is 194 Å². The van der Waals surface area contributed by atoms with Crippen LogP contribution in [0.5, 0.6) is 0 Å². The van der Waals surface area contributed by atoms with E-state index in [1.54, 1.807) is 0 Å². The van der Waals surface area contributed by atoms with E-state index in [-0.39, 0.29) is 0 Å². The third kappa shape index (κ3) is 5.14. The summed E-state index contributed by atoms with van der Waals surface area (Å²) in [5, 5.41) is 7.56. The minimum absolute atomic E-state index is 1.22. The molecule has 0 radical (unpaired) electrons. The van der Waals surface area contributed by atoms with E-state index in [2.05, 4.69) is 194 Å². The van der Waals surface area contributed by atoms with Crippen LogP contribution >= 0.6 is 0 Å². The molecule has 0 aromatic heterocycles. The van der Waals surface area contributed by atoms with Crippen LogP contribution < -0.4 is 0 Å². The second-order valence-electron chi connectivity index (χ2n) is 12.6. The van der Waals surface area contributed by atoms with Gasteiger partial charge in [-0.15, -0.1) is 0 Å². The van der Waals surface area contributed by atoms with Crippen LogP contribution in [0, 0.1) is 0 Å². The molecule has 0 bridgehead atoms. The van der Waals surface area contributed by atoms with Crippen LogP contribution in [0.4, 0.5) is 0 Å². The number of rotatable bonds is 5. The molecule has 0 saturated carbocycles. The van der Waals surface area contributed by atoms with Gasteiger partial charge < -0.3 is 0 Å². The molecule has 0 nitrogen and oxygen atoms in total. The molecular weight excluding hydrogens is 577 g/mol. The van der Waals surface area contributed by atoms with Crippen molar-refractivity contribution in [3.63, 3.8) is 0 Å². The molecular formula is C48H32. The van der Waals surface area contributed by atoms with Gasteiger partial charge in [-0.2, -0.15) is 0 Å². The molecule has 0 spiro atoms. The lowest BCUT2D eigenvalue weighted by atomic mass is 9.91. The molecule has 0 aliphatic carbocycles. The topological polar surface area (TPSA) is 0 Å². The van der Waals surface area contributed by atoms with Gasteiger partial charge in [0.2, 0.25) is 0 Å². The molecule has 224 valence electrons. The summed E-state index contributed by atoms with van der Waals surface area (Å²) in [6.45, 7) is 0. The van der Waals surface area contributed by atoms with Crippen molar-refractivity contribution in [3.8, 4) is 55.6 Å². The Morgan fingerprint density at radius 2 is 0.500 bits per heavy atom. The number of fused-ring (bicyclic) bond motifs is 3. The van der Waals surface area contributed by atoms with Crippen molar-refractivity contribution >= 4 is 32.3 Å². The largest absolute Gasteiger partial charge is 0.0622 e. The molecule has 9 rings (SSSR count). The highest BCUT2D eigenvalue weighted by Gasteiger charge is 2.11. The normalized spacial score (nSPS) is 11.3. The van der Waals surface area contributed by atoms with E-state index < -0.39 is 0 Å². The first-order valence-electron chi connectivity index (χ1n) is 16.6. The van der Waals surface area contributed by atoms with Gasteiger partial charge in [-0.25, -0.2) is 0 Å². The minimum Gasteiger partial charge on any atom is -0.0622 e. The summed E-state index contributed by atoms with van der Waals surface area (Å²) in [6.07, 6.45) is 0. The number of hydrogen-bond acceptors (Lipinski definition) is 0. The van der Waals surface area contributed by atoms with Gasteiger partial charge in [-0.05, 0) is 112 Å². The molecule has 0 saturated heterocycles. The van der Waals surface area contributed by atoms with Crippen LogP contribution in [0.3, 0.4) is 0 Å². The maximum atomic E-state index is 2.33. The zero-order valence-corrected chi connectivity index (χ0v) is 26.5. The predicted molar refractivity (Wildman–Crippen MR) is 206 cm³/mol. The maximum absolute atomic E-state index is 2.33. The van der Waals surface area contributed by atoms with E-state index in [4.69, 9.17) is 0 Å². The lowest BCUT2D eigenvalue weighted by Crippen LogP contribution is -1.87. The standard InChI is InChI=1S/C48H32/c1-3-9-33(10-4-1)37-19-22-41-30-38(20-23-40(41)29-37)34-15-17-35(18-16-34)39-21-24-43-32-44(26-25-42(43)31-39)46-28-27-45(36-11-5-2-6-12-36)47-13-7-8-14-48(46)47/h1-32H. The van der Waals surface area contributed by atoms with Crippen LogP contribution in [-0.4, -0.2) is 0 Å². The van der Waals surface area contributed by atoms with E-state index in [0.717, 1.165) is 0 Å². The molecule has 0 N–H and O–H groups in total. The SMILES string of the molecule is c1ccc(-c2ccc3cc(-c4ccc(-c5ccc6cc(-c7ccc(-c8ccccc8)c8ccccc78)ccc6c5)cc4)ccc3c2)cc1. The first-order valence-corrected chi connectivity index (χ1v) is 16.6. The smallest absolute Gasteiger partial charge is 0.00992 e. The van der Waals surface area contributed by atoms with Crippen LogP contribution in [-0.2, 0) is 0 Å². The average molecular weight is 609 g/mol. The summed E-state index contributed by atoms with van der Waals surface area (Å²) >= 11 is 0. The Morgan fingerprint density at radius 3 is 0.958 bits per heavy atom. The molecule has 9 aromatic carbocycles. The monoisotopic (exact) mass is 608 g/mol. The van der Waals surface area contributed by atoms with Crippen LogP contribution in [0.15, 0.2) is 194 Å². The van der Waals surface area contributed by atoms with Crippen molar-refractivity contribution in [2.45, 2.75) is 0 Å². The zero-order valence-electron chi connectivity index (χ0n) is 26.5. The molecule has 0 fully saturated rings. The zero-order chi connectivity index (χ0) is 31.9. The third-order valence-corrected chi connectivity index (χ3v) is 9.66. The first kappa shape index (κ1) is 28.0. The van der Waals surface area contributed by atoms with Gasteiger partial charge in [0.25, 0.3) is 0 Å². The molecule has 0 aliphatic heterocycles. The summed E-state index contributed by atoms with van der Waals surface area (Å²) in [4.78, 5) is 0. The molecule has 0 aliphatic rings. The summed E-state index contributed by atoms with van der Waals surface area (Å²) in [5.41, 5.74) is 12.4. The third-order valence-electron chi connectivity index (χ3n) is 9.66. The fourth-order valence-corrected chi connectivity index (χ4v) is 7.10. The highest BCUT2D eigenvalue weighted by molar-refractivity contribution is 6.06. The second-order valence-corrected chi connectivity index (χ2v) is 12.6. The first-order chi connectivity index (χ1) is 23.8. The molecule has 0 unspecified atom stereocenters. The van der Waals surface area contributed by atoms with Gasteiger partial charge in [0.1, 0.15) is 0 Å². The van der Waals surface area contributed by atoms with Gasteiger partial charge in [-0.3, -0.25) is 0 Å². The van der Waals surface area contributed by atoms with Crippen molar-refractivity contribution < 1.29 is 0 Å². The summed E-state index contributed by atoms with van der Waals surface area (Å²) in [7, 11) is 0. The second kappa shape index (κ2) is 11.8.